The maximum Gasteiger partial charge on any atom is 0.0765 e. The van der Waals surface area contributed by atoms with E-state index in [0.717, 1.165) is 29.4 Å². The fourth-order valence-electron chi connectivity index (χ4n) is 2.09. The number of rotatable bonds is 6. The Kier molecular flexibility index (Phi) is 6.09. The number of nitrogens with zero attached hydrogens (tertiary/aromatic N) is 1. The topological polar surface area (TPSA) is 35.5 Å². The maximum atomic E-state index is 9.99. The molecule has 2 N–H and O–H groups in total. The summed E-state index contributed by atoms with van der Waals surface area (Å²) in [5.41, 5.74) is 1.48. The number of hydrogen-bond donors (Lipinski definition) is 2. The van der Waals surface area contributed by atoms with E-state index in [0.29, 0.717) is 6.54 Å². The molecule has 1 aromatic carbocycles. The maximum absolute atomic E-state index is 9.99. The summed E-state index contributed by atoms with van der Waals surface area (Å²) in [6, 6.07) is 6.11. The molecule has 1 rings (SSSR count). The molecular formula is C17H29ClN2O. The van der Waals surface area contributed by atoms with Gasteiger partial charge in [-0.05, 0) is 59.2 Å². The Morgan fingerprint density at radius 2 is 1.81 bits per heavy atom. The first-order valence-electron chi connectivity index (χ1n) is 7.52. The summed E-state index contributed by atoms with van der Waals surface area (Å²) in [6.07, 6.45) is 0. The highest BCUT2D eigenvalue weighted by Gasteiger charge is 2.18. The van der Waals surface area contributed by atoms with Crippen molar-refractivity contribution in [3.05, 3.63) is 28.8 Å². The van der Waals surface area contributed by atoms with E-state index < -0.39 is 5.60 Å². The van der Waals surface area contributed by atoms with E-state index in [-0.39, 0.29) is 5.54 Å². The van der Waals surface area contributed by atoms with Crippen molar-refractivity contribution in [2.45, 2.75) is 59.2 Å². The first-order valence-corrected chi connectivity index (χ1v) is 7.90. The van der Waals surface area contributed by atoms with Crippen LogP contribution in [-0.2, 0) is 6.54 Å². The largest absolute Gasteiger partial charge is 0.389 e. The summed E-state index contributed by atoms with van der Waals surface area (Å²) in [5, 5.41) is 14.2. The number of anilines is 1. The monoisotopic (exact) mass is 312 g/mol. The van der Waals surface area contributed by atoms with E-state index in [9.17, 15) is 5.11 Å². The Morgan fingerprint density at radius 3 is 2.24 bits per heavy atom. The van der Waals surface area contributed by atoms with E-state index in [1.54, 1.807) is 0 Å². The van der Waals surface area contributed by atoms with Crippen LogP contribution in [0.4, 0.5) is 5.69 Å². The van der Waals surface area contributed by atoms with Crippen LogP contribution in [0.15, 0.2) is 18.2 Å². The van der Waals surface area contributed by atoms with Gasteiger partial charge in [-0.3, -0.25) is 0 Å². The molecule has 0 heterocycles. The van der Waals surface area contributed by atoms with Gasteiger partial charge in [0, 0.05) is 35.9 Å². The normalized spacial score (nSPS) is 12.6. The minimum absolute atomic E-state index is 0.0678. The second kappa shape index (κ2) is 6.99. The van der Waals surface area contributed by atoms with Crippen molar-refractivity contribution < 1.29 is 5.11 Å². The van der Waals surface area contributed by atoms with E-state index >= 15 is 0 Å². The Bertz CT molecular complexity index is 461. The summed E-state index contributed by atoms with van der Waals surface area (Å²) in [4.78, 5) is 2.13. The molecule has 0 aliphatic heterocycles. The van der Waals surface area contributed by atoms with E-state index in [1.165, 1.54) is 0 Å². The highest BCUT2D eigenvalue weighted by Crippen LogP contribution is 2.25. The lowest BCUT2D eigenvalue weighted by atomic mass is 10.1. The average molecular weight is 313 g/mol. The molecule has 4 heteroatoms. The van der Waals surface area contributed by atoms with Gasteiger partial charge in [-0.15, -0.1) is 0 Å². The number of benzene rings is 1. The molecule has 0 aromatic heterocycles. The number of likely N-dealkylation sites (N-methyl/N-ethyl adjacent to an activating group) is 1. The third kappa shape index (κ3) is 6.68. The highest BCUT2D eigenvalue weighted by molar-refractivity contribution is 6.31. The molecule has 0 saturated heterocycles. The van der Waals surface area contributed by atoms with Gasteiger partial charge < -0.3 is 15.3 Å². The summed E-state index contributed by atoms with van der Waals surface area (Å²) < 4.78 is 0. The van der Waals surface area contributed by atoms with Gasteiger partial charge in [0.15, 0.2) is 0 Å². The second-order valence-corrected chi connectivity index (χ2v) is 7.61. The van der Waals surface area contributed by atoms with Crippen LogP contribution in [0.5, 0.6) is 0 Å². The molecule has 0 atom stereocenters. The SMILES string of the molecule is CCN(CC(C)(C)O)c1ccc(CNC(C)(C)C)c(Cl)c1. The van der Waals surface area contributed by atoms with Gasteiger partial charge in [-0.25, -0.2) is 0 Å². The molecule has 0 aliphatic rings. The zero-order chi connectivity index (χ0) is 16.3. The van der Waals surface area contributed by atoms with Crippen molar-refractivity contribution in [2.75, 3.05) is 18.0 Å². The lowest BCUT2D eigenvalue weighted by molar-refractivity contribution is 0.0876. The first-order chi connectivity index (χ1) is 9.52. The lowest BCUT2D eigenvalue weighted by Crippen LogP contribution is -2.38. The van der Waals surface area contributed by atoms with Gasteiger partial charge in [0.25, 0.3) is 0 Å². The lowest BCUT2D eigenvalue weighted by Gasteiger charge is -2.30. The molecular weight excluding hydrogens is 284 g/mol. The summed E-state index contributed by atoms with van der Waals surface area (Å²) in [7, 11) is 0. The fourth-order valence-corrected chi connectivity index (χ4v) is 2.33. The molecule has 0 spiro atoms. The Hall–Kier alpha value is -0.770. The summed E-state index contributed by atoms with van der Waals surface area (Å²) in [6.45, 7) is 14.3. The van der Waals surface area contributed by atoms with Gasteiger partial charge in [0.1, 0.15) is 0 Å². The third-order valence-electron chi connectivity index (χ3n) is 3.17. The zero-order valence-electron chi connectivity index (χ0n) is 14.1. The summed E-state index contributed by atoms with van der Waals surface area (Å²) >= 11 is 6.40. The van der Waals surface area contributed by atoms with Crippen LogP contribution in [0.3, 0.4) is 0 Å². The van der Waals surface area contributed by atoms with Crippen molar-refractivity contribution in [1.82, 2.24) is 5.32 Å². The predicted octanol–water partition coefficient (Wildman–Crippen LogP) is 3.83. The van der Waals surface area contributed by atoms with Crippen LogP contribution in [0.1, 0.15) is 47.1 Å². The molecule has 1 aromatic rings. The predicted molar refractivity (Wildman–Crippen MR) is 92.2 cm³/mol. The van der Waals surface area contributed by atoms with Crippen molar-refractivity contribution in [1.29, 1.82) is 0 Å². The van der Waals surface area contributed by atoms with Crippen LogP contribution >= 0.6 is 11.6 Å². The average Bonchev–Trinajstić information content (AvgIpc) is 2.32. The Labute approximate surface area is 134 Å². The van der Waals surface area contributed by atoms with Crippen molar-refractivity contribution in [3.63, 3.8) is 0 Å². The van der Waals surface area contributed by atoms with E-state index in [4.69, 9.17) is 11.6 Å². The Balaban J connectivity index is 2.85. The molecule has 0 radical (unpaired) electrons. The van der Waals surface area contributed by atoms with Crippen molar-refractivity contribution in [2.24, 2.45) is 0 Å². The van der Waals surface area contributed by atoms with E-state index in [2.05, 4.69) is 50.0 Å². The molecule has 0 fully saturated rings. The van der Waals surface area contributed by atoms with Gasteiger partial charge in [0.2, 0.25) is 0 Å². The van der Waals surface area contributed by atoms with Crippen LogP contribution in [0.2, 0.25) is 5.02 Å². The standard InChI is InChI=1S/C17H29ClN2O/c1-7-20(12-17(5,6)21)14-9-8-13(15(18)10-14)11-19-16(2,3)4/h8-10,19,21H,7,11-12H2,1-6H3. The Morgan fingerprint density at radius 1 is 1.19 bits per heavy atom. The molecule has 0 bridgehead atoms. The number of nitrogens with one attached hydrogen (secondary N) is 1. The zero-order valence-corrected chi connectivity index (χ0v) is 14.9. The molecule has 0 unspecified atom stereocenters. The van der Waals surface area contributed by atoms with Gasteiger partial charge >= 0.3 is 0 Å². The number of hydrogen-bond acceptors (Lipinski definition) is 3. The quantitative estimate of drug-likeness (QED) is 0.838. The van der Waals surface area contributed by atoms with Crippen LogP contribution < -0.4 is 10.2 Å². The first kappa shape index (κ1) is 18.3. The molecule has 0 amide bonds. The molecule has 0 saturated carbocycles. The molecule has 0 aliphatic carbocycles. The number of halogens is 1. The number of aliphatic hydroxyl groups is 1. The molecule has 21 heavy (non-hydrogen) atoms. The third-order valence-corrected chi connectivity index (χ3v) is 3.52. The minimum Gasteiger partial charge on any atom is -0.389 e. The highest BCUT2D eigenvalue weighted by atomic mass is 35.5. The second-order valence-electron chi connectivity index (χ2n) is 7.21. The smallest absolute Gasteiger partial charge is 0.0765 e. The van der Waals surface area contributed by atoms with Gasteiger partial charge in [-0.1, -0.05) is 17.7 Å². The van der Waals surface area contributed by atoms with Gasteiger partial charge in [-0.2, -0.15) is 0 Å². The van der Waals surface area contributed by atoms with Crippen molar-refractivity contribution >= 4 is 17.3 Å². The van der Waals surface area contributed by atoms with E-state index in [1.807, 2.05) is 19.9 Å². The van der Waals surface area contributed by atoms with Crippen LogP contribution in [0, 0.1) is 0 Å². The minimum atomic E-state index is -0.727. The van der Waals surface area contributed by atoms with Crippen LogP contribution in [-0.4, -0.2) is 29.3 Å². The van der Waals surface area contributed by atoms with Crippen LogP contribution in [0.25, 0.3) is 0 Å². The van der Waals surface area contributed by atoms with Gasteiger partial charge in [0.05, 0.1) is 5.60 Å². The fraction of sp³-hybridized carbons (Fsp3) is 0.647. The molecule has 120 valence electrons. The summed E-state index contributed by atoms with van der Waals surface area (Å²) in [5.74, 6) is 0. The van der Waals surface area contributed by atoms with Crippen molar-refractivity contribution in [3.8, 4) is 0 Å². The molecule has 3 nitrogen and oxygen atoms in total.